The van der Waals surface area contributed by atoms with Gasteiger partial charge >= 0.3 is 0 Å². The molecule has 0 unspecified atom stereocenters. The normalized spacial score (nSPS) is 11.4. The third-order valence-electron chi connectivity index (χ3n) is 11.8. The zero-order chi connectivity index (χ0) is 41.1. The number of hydrogen-bond acceptors (Lipinski definition) is 4. The summed E-state index contributed by atoms with van der Waals surface area (Å²) in [6.07, 6.45) is 9.50. The fourth-order valence-corrected chi connectivity index (χ4v) is 8.44. The first-order chi connectivity index (χ1) is 30.0. The van der Waals surface area contributed by atoms with Gasteiger partial charge in [0.15, 0.2) is 0 Å². The minimum Gasteiger partial charge on any atom is -0.456 e. The Balaban J connectivity index is 0.935. The van der Waals surface area contributed by atoms with E-state index in [1.54, 1.807) is 0 Å². The van der Waals surface area contributed by atoms with E-state index < -0.39 is 0 Å². The van der Waals surface area contributed by atoms with Gasteiger partial charge in [-0.1, -0.05) is 133 Å². The molecule has 10 rings (SSSR count). The van der Waals surface area contributed by atoms with Crippen LogP contribution in [0.3, 0.4) is 0 Å². The highest BCUT2D eigenvalue weighted by molar-refractivity contribution is 6.05. The van der Waals surface area contributed by atoms with Gasteiger partial charge in [0, 0.05) is 52.1 Å². The standard InChI is InChI=1S/C57H45N3O/c1-38-27-29-58-53(31-38)45-19-15-40(16-20-45)11-13-42-33-43(14-12-41-17-21-46(22-18-41)54-32-39(2)28-30-59-54)35-48(34-42)50-8-4-3-7-49(50)44-23-25-47(26-24-44)55-36-57-52(37-60-55)51-9-5-6-10-56(51)61-57/h3-10,15-37H,11-14H2,1-2H3. The average molecular weight is 788 g/mol. The van der Waals surface area contributed by atoms with Gasteiger partial charge in [0.05, 0.1) is 17.1 Å². The van der Waals surface area contributed by atoms with E-state index in [2.05, 4.69) is 163 Å². The van der Waals surface area contributed by atoms with Crippen LogP contribution in [0, 0.1) is 13.8 Å². The number of furan rings is 1. The molecule has 0 aliphatic rings. The summed E-state index contributed by atoms with van der Waals surface area (Å²) in [5.74, 6) is 0. The first-order valence-corrected chi connectivity index (χ1v) is 21.1. The number of nitrogens with zero attached hydrogens (tertiary/aromatic N) is 3. The molecule has 4 nitrogen and oxygen atoms in total. The SMILES string of the molecule is Cc1ccnc(-c2ccc(CCc3cc(CCc4ccc(-c5cc(C)ccn5)cc4)cc(-c4ccccc4-c4ccc(-c5cc6oc7ccccc7c6cn5)cc4)c3)cc2)c1. The zero-order valence-electron chi connectivity index (χ0n) is 34.5. The molecule has 0 amide bonds. The molecule has 0 N–H and O–H groups in total. The number of benzene rings is 6. The van der Waals surface area contributed by atoms with Crippen LogP contribution >= 0.6 is 0 Å². The van der Waals surface area contributed by atoms with Crippen molar-refractivity contribution in [2.24, 2.45) is 0 Å². The predicted molar refractivity (Wildman–Crippen MR) is 251 cm³/mol. The van der Waals surface area contributed by atoms with Crippen LogP contribution in [-0.4, -0.2) is 15.0 Å². The molecule has 10 aromatic rings. The maximum atomic E-state index is 6.18. The molecule has 0 saturated carbocycles. The number of para-hydroxylation sites is 1. The van der Waals surface area contributed by atoms with Gasteiger partial charge in [-0.2, -0.15) is 0 Å². The van der Waals surface area contributed by atoms with E-state index in [0.29, 0.717) is 0 Å². The van der Waals surface area contributed by atoms with Crippen molar-refractivity contribution in [1.82, 2.24) is 15.0 Å². The lowest BCUT2D eigenvalue weighted by atomic mass is 9.90. The summed E-state index contributed by atoms with van der Waals surface area (Å²) >= 11 is 0. The lowest BCUT2D eigenvalue weighted by Gasteiger charge is -2.15. The maximum absolute atomic E-state index is 6.18. The van der Waals surface area contributed by atoms with Crippen molar-refractivity contribution >= 4 is 21.9 Å². The minimum absolute atomic E-state index is 0.851. The summed E-state index contributed by atoms with van der Waals surface area (Å²) in [5, 5.41) is 2.13. The van der Waals surface area contributed by atoms with E-state index in [9.17, 15) is 0 Å². The van der Waals surface area contributed by atoms with Crippen molar-refractivity contribution in [2.75, 3.05) is 0 Å². The summed E-state index contributed by atoms with van der Waals surface area (Å²) in [5.41, 5.74) is 20.6. The van der Waals surface area contributed by atoms with Gasteiger partial charge in [0.1, 0.15) is 11.2 Å². The molecule has 0 aliphatic heterocycles. The van der Waals surface area contributed by atoms with Crippen LogP contribution in [-0.2, 0) is 25.7 Å². The van der Waals surface area contributed by atoms with E-state index >= 15 is 0 Å². The quantitative estimate of drug-likeness (QED) is 0.131. The Morgan fingerprint density at radius 2 is 0.836 bits per heavy atom. The Morgan fingerprint density at radius 1 is 0.361 bits per heavy atom. The first kappa shape index (κ1) is 37.8. The lowest BCUT2D eigenvalue weighted by molar-refractivity contribution is 0.668. The van der Waals surface area contributed by atoms with Gasteiger partial charge in [-0.05, 0) is 125 Å². The van der Waals surface area contributed by atoms with Crippen molar-refractivity contribution in [3.8, 4) is 56.0 Å². The number of pyridine rings is 3. The Labute approximate surface area is 357 Å². The van der Waals surface area contributed by atoms with Gasteiger partial charge in [0.2, 0.25) is 0 Å². The molecule has 6 aromatic carbocycles. The molecule has 4 aromatic heterocycles. The van der Waals surface area contributed by atoms with Crippen LogP contribution < -0.4 is 0 Å². The molecule has 0 bridgehead atoms. The molecule has 4 heteroatoms. The predicted octanol–water partition coefficient (Wildman–Crippen LogP) is 14.3. The second kappa shape index (κ2) is 16.7. The van der Waals surface area contributed by atoms with E-state index in [0.717, 1.165) is 81.4 Å². The molecule has 0 spiro atoms. The molecule has 0 aliphatic carbocycles. The monoisotopic (exact) mass is 787 g/mol. The smallest absolute Gasteiger partial charge is 0.139 e. The van der Waals surface area contributed by atoms with Gasteiger partial charge in [0.25, 0.3) is 0 Å². The molecule has 0 fully saturated rings. The topological polar surface area (TPSA) is 51.8 Å². The molecule has 294 valence electrons. The minimum atomic E-state index is 0.851. The van der Waals surface area contributed by atoms with Crippen LogP contribution in [0.2, 0.25) is 0 Å². The highest BCUT2D eigenvalue weighted by Crippen LogP contribution is 2.36. The molecule has 61 heavy (non-hydrogen) atoms. The number of aromatic nitrogens is 3. The third kappa shape index (κ3) is 8.26. The fraction of sp³-hybridized carbons (Fsp3) is 0.105. The van der Waals surface area contributed by atoms with Gasteiger partial charge in [-0.25, -0.2) is 0 Å². The Bertz CT molecular complexity index is 3030. The fourth-order valence-electron chi connectivity index (χ4n) is 8.44. The Hall–Kier alpha value is -7.43. The average Bonchev–Trinajstić information content (AvgIpc) is 3.69. The molecule has 0 saturated heterocycles. The van der Waals surface area contributed by atoms with Crippen molar-refractivity contribution in [1.29, 1.82) is 0 Å². The van der Waals surface area contributed by atoms with Crippen molar-refractivity contribution < 1.29 is 4.42 Å². The van der Waals surface area contributed by atoms with E-state index in [4.69, 9.17) is 9.40 Å². The van der Waals surface area contributed by atoms with Crippen LogP contribution in [0.5, 0.6) is 0 Å². The molecule has 0 radical (unpaired) electrons. The highest BCUT2D eigenvalue weighted by Gasteiger charge is 2.13. The Morgan fingerprint density at radius 3 is 1.41 bits per heavy atom. The lowest BCUT2D eigenvalue weighted by Crippen LogP contribution is -1.98. The Kier molecular flexibility index (Phi) is 10.3. The third-order valence-corrected chi connectivity index (χ3v) is 11.8. The number of fused-ring (bicyclic) bond motifs is 3. The first-order valence-electron chi connectivity index (χ1n) is 21.1. The van der Waals surface area contributed by atoms with Crippen LogP contribution in [0.15, 0.2) is 193 Å². The number of rotatable bonds is 11. The van der Waals surface area contributed by atoms with Gasteiger partial charge in [-0.15, -0.1) is 0 Å². The van der Waals surface area contributed by atoms with Crippen molar-refractivity contribution in [3.05, 3.63) is 222 Å². The van der Waals surface area contributed by atoms with Gasteiger partial charge < -0.3 is 4.42 Å². The summed E-state index contributed by atoms with van der Waals surface area (Å²) in [6, 6.07) is 61.2. The second-order valence-corrected chi connectivity index (χ2v) is 16.2. The van der Waals surface area contributed by atoms with Crippen LogP contribution in [0.25, 0.3) is 78.0 Å². The second-order valence-electron chi connectivity index (χ2n) is 16.2. The largest absolute Gasteiger partial charge is 0.456 e. The summed E-state index contributed by atoms with van der Waals surface area (Å²) in [7, 11) is 0. The van der Waals surface area contributed by atoms with Crippen LogP contribution in [0.1, 0.15) is 33.4 Å². The van der Waals surface area contributed by atoms with E-state index in [1.165, 1.54) is 55.6 Å². The summed E-state index contributed by atoms with van der Waals surface area (Å²) in [6.45, 7) is 4.22. The number of hydrogen-bond donors (Lipinski definition) is 0. The van der Waals surface area contributed by atoms with Crippen molar-refractivity contribution in [2.45, 2.75) is 39.5 Å². The van der Waals surface area contributed by atoms with Crippen LogP contribution in [0.4, 0.5) is 0 Å². The summed E-state index contributed by atoms with van der Waals surface area (Å²) < 4.78 is 6.18. The highest BCUT2D eigenvalue weighted by atomic mass is 16.3. The molecule has 4 heterocycles. The summed E-state index contributed by atoms with van der Waals surface area (Å²) in [4.78, 5) is 14.0. The van der Waals surface area contributed by atoms with E-state index in [1.807, 2.05) is 48.9 Å². The maximum Gasteiger partial charge on any atom is 0.139 e. The molecular weight excluding hydrogens is 743 g/mol. The van der Waals surface area contributed by atoms with Gasteiger partial charge in [-0.3, -0.25) is 15.0 Å². The van der Waals surface area contributed by atoms with E-state index in [-0.39, 0.29) is 0 Å². The van der Waals surface area contributed by atoms with Crippen molar-refractivity contribution in [3.63, 3.8) is 0 Å². The molecule has 0 atom stereocenters. The number of aryl methyl sites for hydroxylation is 6. The molecular formula is C57H45N3O. The zero-order valence-corrected chi connectivity index (χ0v) is 34.5.